The number of anilines is 1. The molecule has 4 heterocycles. The molecule has 1 N–H and O–H groups in total. The van der Waals surface area contributed by atoms with Gasteiger partial charge in [0.05, 0.1) is 5.70 Å². The van der Waals surface area contributed by atoms with Gasteiger partial charge in [-0.3, -0.25) is 4.98 Å². The van der Waals surface area contributed by atoms with Crippen LogP contribution in [0.4, 0.5) is 5.95 Å². The third-order valence-corrected chi connectivity index (χ3v) is 5.59. The summed E-state index contributed by atoms with van der Waals surface area (Å²) in [6.07, 6.45) is 3.34. The monoisotopic (exact) mass is 394 g/mol. The number of fused-ring (bicyclic) bond motifs is 3. The van der Waals surface area contributed by atoms with Crippen LogP contribution in [0.2, 0.25) is 0 Å². The number of aromatic nitrogens is 5. The molecule has 0 saturated heterocycles. The van der Waals surface area contributed by atoms with Crippen molar-refractivity contribution in [3.05, 3.63) is 101 Å². The minimum absolute atomic E-state index is 0.237. The summed E-state index contributed by atoms with van der Waals surface area (Å²) in [5.74, 6) is 1.43. The second kappa shape index (κ2) is 6.52. The number of rotatable bonds is 2. The van der Waals surface area contributed by atoms with Crippen molar-refractivity contribution in [2.75, 3.05) is 5.32 Å². The van der Waals surface area contributed by atoms with Crippen LogP contribution in [0.1, 0.15) is 34.4 Å². The van der Waals surface area contributed by atoms with E-state index in [9.17, 15) is 0 Å². The number of ether oxygens (including phenoxy) is 1. The summed E-state index contributed by atoms with van der Waals surface area (Å²) in [5.41, 5.74) is 6.32. The summed E-state index contributed by atoms with van der Waals surface area (Å²) < 4.78 is 8.39. The summed E-state index contributed by atoms with van der Waals surface area (Å²) in [6, 6.07) is 20.2. The molecule has 0 spiro atoms. The first-order chi connectivity index (χ1) is 14.8. The molecule has 0 amide bonds. The first-order valence-corrected chi connectivity index (χ1v) is 9.81. The first-order valence-electron chi connectivity index (χ1n) is 9.81. The lowest BCUT2D eigenvalue weighted by molar-refractivity contribution is 0.222. The Hall–Kier alpha value is -4.00. The third kappa shape index (κ3) is 2.52. The second-order valence-electron chi connectivity index (χ2n) is 7.50. The van der Waals surface area contributed by atoms with Crippen molar-refractivity contribution in [1.82, 2.24) is 25.2 Å². The Morgan fingerprint density at radius 3 is 2.77 bits per heavy atom. The van der Waals surface area contributed by atoms with Gasteiger partial charge in [0.2, 0.25) is 5.95 Å². The maximum Gasteiger partial charge on any atom is 0.248 e. The van der Waals surface area contributed by atoms with E-state index in [1.165, 1.54) is 5.56 Å². The number of para-hydroxylation sites is 1. The molecule has 0 radical (unpaired) electrons. The molecule has 0 unspecified atom stereocenters. The van der Waals surface area contributed by atoms with Crippen LogP contribution in [0.5, 0.6) is 5.75 Å². The van der Waals surface area contributed by atoms with E-state index >= 15 is 0 Å². The van der Waals surface area contributed by atoms with Gasteiger partial charge in [0, 0.05) is 23.5 Å². The largest absolute Gasteiger partial charge is 0.480 e. The average molecular weight is 394 g/mol. The smallest absolute Gasteiger partial charge is 0.248 e. The predicted molar refractivity (Wildman–Crippen MR) is 112 cm³/mol. The van der Waals surface area contributed by atoms with Crippen molar-refractivity contribution in [3.63, 3.8) is 0 Å². The van der Waals surface area contributed by atoms with Crippen LogP contribution < -0.4 is 10.1 Å². The van der Waals surface area contributed by atoms with Crippen molar-refractivity contribution in [1.29, 1.82) is 0 Å². The fourth-order valence-corrected chi connectivity index (χ4v) is 4.31. The van der Waals surface area contributed by atoms with E-state index in [0.717, 1.165) is 33.7 Å². The first kappa shape index (κ1) is 16.9. The molecule has 7 heteroatoms. The normalized spacial score (nSPS) is 19.2. The molecule has 6 rings (SSSR count). The maximum absolute atomic E-state index is 6.59. The lowest BCUT2D eigenvalue weighted by atomic mass is 9.85. The van der Waals surface area contributed by atoms with Crippen LogP contribution >= 0.6 is 0 Å². The van der Waals surface area contributed by atoms with Gasteiger partial charge in [0.25, 0.3) is 0 Å². The summed E-state index contributed by atoms with van der Waals surface area (Å²) >= 11 is 0. The number of hydrogen-bond acceptors (Lipinski definition) is 6. The average Bonchev–Trinajstić information content (AvgIpc) is 3.26. The van der Waals surface area contributed by atoms with Crippen LogP contribution in [0.25, 0.3) is 5.70 Å². The van der Waals surface area contributed by atoms with E-state index in [2.05, 4.69) is 63.1 Å². The number of hydrogen-bond donors (Lipinski definition) is 1. The number of nitrogens with zero attached hydrogens (tertiary/aromatic N) is 5. The number of aryl methyl sites for hydroxylation is 1. The molecule has 30 heavy (non-hydrogen) atoms. The lowest BCUT2D eigenvalue weighted by Gasteiger charge is -2.38. The molecule has 2 aliphatic rings. The lowest BCUT2D eigenvalue weighted by Crippen LogP contribution is -2.32. The van der Waals surface area contributed by atoms with Crippen molar-refractivity contribution < 1.29 is 4.74 Å². The van der Waals surface area contributed by atoms with Gasteiger partial charge in [0.1, 0.15) is 17.9 Å². The standard InChI is InChI=1S/C23H18N6O/c1-14-6-4-7-15(12-14)22-19-20(17-9-2-3-10-18(17)30-22)25-23-26-27-28-29(23)21(19)16-8-5-11-24-13-16/h2-13,21-22H,1H3,(H,25,26,28)/t21-,22-/m1/s1. The van der Waals surface area contributed by atoms with Gasteiger partial charge in [-0.1, -0.05) is 53.1 Å². The molecule has 0 saturated carbocycles. The molecule has 0 bridgehead atoms. The fourth-order valence-electron chi connectivity index (χ4n) is 4.31. The zero-order chi connectivity index (χ0) is 20.1. The van der Waals surface area contributed by atoms with E-state index in [4.69, 9.17) is 4.74 Å². The van der Waals surface area contributed by atoms with Gasteiger partial charge in [0.15, 0.2) is 0 Å². The molecule has 0 fully saturated rings. The topological polar surface area (TPSA) is 77.8 Å². The third-order valence-electron chi connectivity index (χ3n) is 5.59. The minimum atomic E-state index is -0.287. The van der Waals surface area contributed by atoms with Crippen molar-refractivity contribution >= 4 is 11.6 Å². The number of benzene rings is 2. The zero-order valence-corrected chi connectivity index (χ0v) is 16.2. The van der Waals surface area contributed by atoms with Crippen LogP contribution in [0.15, 0.2) is 78.6 Å². The van der Waals surface area contributed by atoms with Gasteiger partial charge in [-0.15, -0.1) is 0 Å². The highest BCUT2D eigenvalue weighted by Gasteiger charge is 2.41. The van der Waals surface area contributed by atoms with Gasteiger partial charge < -0.3 is 10.1 Å². The van der Waals surface area contributed by atoms with Crippen LogP contribution in [0.3, 0.4) is 0 Å². The Balaban J connectivity index is 1.64. The fraction of sp³-hybridized carbons (Fsp3) is 0.130. The summed E-state index contributed by atoms with van der Waals surface area (Å²) in [4.78, 5) is 4.35. The highest BCUT2D eigenvalue weighted by Crippen LogP contribution is 2.50. The predicted octanol–water partition coefficient (Wildman–Crippen LogP) is 3.94. The SMILES string of the molecule is Cc1cccc([C@H]2Oc3ccccc3C3=C2[C@@H](c2cccnc2)n2nnnc2N3)c1. The highest BCUT2D eigenvalue weighted by molar-refractivity contribution is 5.85. The quantitative estimate of drug-likeness (QED) is 0.555. The number of tetrazole rings is 1. The van der Waals surface area contributed by atoms with E-state index in [1.807, 2.05) is 36.5 Å². The minimum Gasteiger partial charge on any atom is -0.480 e. The molecular weight excluding hydrogens is 376 g/mol. The molecular formula is C23H18N6O. The molecule has 2 atom stereocenters. The molecule has 7 nitrogen and oxygen atoms in total. The van der Waals surface area contributed by atoms with Crippen molar-refractivity contribution in [3.8, 4) is 5.75 Å². The van der Waals surface area contributed by atoms with Crippen LogP contribution in [-0.4, -0.2) is 25.2 Å². The zero-order valence-electron chi connectivity index (χ0n) is 16.2. The molecule has 2 aromatic carbocycles. The van der Waals surface area contributed by atoms with Crippen molar-refractivity contribution in [2.24, 2.45) is 0 Å². The van der Waals surface area contributed by atoms with E-state index in [1.54, 1.807) is 10.9 Å². The van der Waals surface area contributed by atoms with Gasteiger partial charge in [-0.25, -0.2) is 0 Å². The summed E-state index contributed by atoms with van der Waals surface area (Å²) in [5, 5.41) is 15.9. The molecule has 2 aromatic heterocycles. The Labute approximate surface area is 173 Å². The van der Waals surface area contributed by atoms with E-state index in [0.29, 0.717) is 5.95 Å². The van der Waals surface area contributed by atoms with E-state index < -0.39 is 0 Å². The Morgan fingerprint density at radius 2 is 1.90 bits per heavy atom. The van der Waals surface area contributed by atoms with Gasteiger partial charge >= 0.3 is 0 Å². The van der Waals surface area contributed by atoms with Gasteiger partial charge in [-0.05, 0) is 46.7 Å². The maximum atomic E-state index is 6.59. The molecule has 146 valence electrons. The number of pyridine rings is 1. The Morgan fingerprint density at radius 1 is 1.00 bits per heavy atom. The van der Waals surface area contributed by atoms with Gasteiger partial charge in [-0.2, -0.15) is 4.68 Å². The molecule has 0 aliphatic carbocycles. The highest BCUT2D eigenvalue weighted by atomic mass is 16.5. The number of nitrogens with one attached hydrogen (secondary N) is 1. The summed E-state index contributed by atoms with van der Waals surface area (Å²) in [6.45, 7) is 2.09. The Bertz CT molecular complexity index is 1280. The van der Waals surface area contributed by atoms with Crippen LogP contribution in [-0.2, 0) is 0 Å². The molecule has 4 aromatic rings. The van der Waals surface area contributed by atoms with Crippen LogP contribution in [0, 0.1) is 6.92 Å². The van der Waals surface area contributed by atoms with E-state index in [-0.39, 0.29) is 12.1 Å². The summed E-state index contributed by atoms with van der Waals surface area (Å²) in [7, 11) is 0. The Kier molecular flexibility index (Phi) is 3.67. The molecule has 2 aliphatic heterocycles. The second-order valence-corrected chi connectivity index (χ2v) is 7.50. The van der Waals surface area contributed by atoms with Crippen molar-refractivity contribution in [2.45, 2.75) is 19.1 Å².